The van der Waals surface area contributed by atoms with E-state index >= 15 is 0 Å². The zero-order valence-electron chi connectivity index (χ0n) is 11.5. The van der Waals surface area contributed by atoms with E-state index in [1.165, 1.54) is 0 Å². The van der Waals surface area contributed by atoms with Gasteiger partial charge in [-0.05, 0) is 31.4 Å². The molecular weight excluding hydrogens is 240 g/mol. The van der Waals surface area contributed by atoms with Gasteiger partial charge in [0, 0.05) is 13.1 Å². The standard InChI is InChI=1S/C15H22N2O2/c1-2-10-16-15(18)17-11-6-9-14(12-17)19-13-7-4-3-5-8-13/h3-5,7-8,14H,2,6,9-12H2,1H3,(H,16,18). The van der Waals surface area contributed by atoms with Crippen LogP contribution in [0, 0.1) is 0 Å². The number of benzene rings is 1. The smallest absolute Gasteiger partial charge is 0.317 e. The van der Waals surface area contributed by atoms with Gasteiger partial charge in [-0.1, -0.05) is 25.1 Å². The van der Waals surface area contributed by atoms with Crippen LogP contribution in [-0.2, 0) is 0 Å². The molecule has 2 amide bonds. The molecule has 1 atom stereocenters. The Labute approximate surface area is 114 Å². The molecule has 1 fully saturated rings. The molecule has 0 bridgehead atoms. The van der Waals surface area contributed by atoms with Crippen LogP contribution in [0.1, 0.15) is 26.2 Å². The Morgan fingerprint density at radius 1 is 1.42 bits per heavy atom. The summed E-state index contributed by atoms with van der Waals surface area (Å²) in [6, 6.07) is 9.83. The van der Waals surface area contributed by atoms with Crippen LogP contribution in [0.3, 0.4) is 0 Å². The van der Waals surface area contributed by atoms with Crippen LogP contribution in [0.15, 0.2) is 30.3 Å². The Morgan fingerprint density at radius 2 is 2.21 bits per heavy atom. The zero-order chi connectivity index (χ0) is 13.5. The first-order valence-electron chi connectivity index (χ1n) is 7.04. The van der Waals surface area contributed by atoms with E-state index in [1.54, 1.807) is 0 Å². The van der Waals surface area contributed by atoms with Gasteiger partial charge in [-0.3, -0.25) is 0 Å². The van der Waals surface area contributed by atoms with Crippen molar-refractivity contribution >= 4 is 6.03 Å². The number of ether oxygens (including phenoxy) is 1. The molecule has 4 heteroatoms. The van der Waals surface area contributed by atoms with Gasteiger partial charge in [0.2, 0.25) is 0 Å². The van der Waals surface area contributed by atoms with E-state index in [0.29, 0.717) is 6.54 Å². The first kappa shape index (κ1) is 13.7. The van der Waals surface area contributed by atoms with Gasteiger partial charge in [0.1, 0.15) is 11.9 Å². The second-order valence-electron chi connectivity index (χ2n) is 4.87. The lowest BCUT2D eigenvalue weighted by molar-refractivity contribution is 0.101. The quantitative estimate of drug-likeness (QED) is 0.906. The van der Waals surface area contributed by atoms with Crippen LogP contribution in [0.25, 0.3) is 0 Å². The van der Waals surface area contributed by atoms with E-state index in [2.05, 4.69) is 12.2 Å². The third kappa shape index (κ3) is 4.16. The van der Waals surface area contributed by atoms with Crippen molar-refractivity contribution in [1.82, 2.24) is 10.2 Å². The Hall–Kier alpha value is -1.71. The molecule has 1 heterocycles. The predicted octanol–water partition coefficient (Wildman–Crippen LogP) is 2.65. The first-order chi connectivity index (χ1) is 9.29. The lowest BCUT2D eigenvalue weighted by atomic mass is 10.1. The predicted molar refractivity (Wildman–Crippen MR) is 75.4 cm³/mol. The van der Waals surface area contributed by atoms with Gasteiger partial charge in [0.25, 0.3) is 0 Å². The fraction of sp³-hybridized carbons (Fsp3) is 0.533. The fourth-order valence-corrected chi connectivity index (χ4v) is 2.25. The van der Waals surface area contributed by atoms with Crippen molar-refractivity contribution in [3.63, 3.8) is 0 Å². The molecule has 4 nitrogen and oxygen atoms in total. The van der Waals surface area contributed by atoms with Gasteiger partial charge in [-0.25, -0.2) is 4.79 Å². The molecule has 1 aliphatic heterocycles. The number of carbonyl (C=O) groups excluding carboxylic acids is 1. The van der Waals surface area contributed by atoms with Crippen LogP contribution in [0.2, 0.25) is 0 Å². The summed E-state index contributed by atoms with van der Waals surface area (Å²) in [6.45, 7) is 4.28. The van der Waals surface area contributed by atoms with Crippen LogP contribution < -0.4 is 10.1 Å². The van der Waals surface area contributed by atoms with Gasteiger partial charge in [0.05, 0.1) is 6.54 Å². The maximum atomic E-state index is 11.9. The highest BCUT2D eigenvalue weighted by atomic mass is 16.5. The molecule has 0 spiro atoms. The summed E-state index contributed by atoms with van der Waals surface area (Å²) in [7, 11) is 0. The second-order valence-corrected chi connectivity index (χ2v) is 4.87. The van der Waals surface area contributed by atoms with Crippen molar-refractivity contribution in [2.75, 3.05) is 19.6 Å². The van der Waals surface area contributed by atoms with Crippen molar-refractivity contribution in [2.24, 2.45) is 0 Å². The minimum atomic E-state index is 0.0308. The van der Waals surface area contributed by atoms with Crippen molar-refractivity contribution in [3.8, 4) is 5.75 Å². The molecule has 0 aromatic heterocycles. The average molecular weight is 262 g/mol. The maximum Gasteiger partial charge on any atom is 0.317 e. The molecular formula is C15H22N2O2. The molecule has 1 saturated heterocycles. The Bertz CT molecular complexity index is 394. The van der Waals surface area contributed by atoms with E-state index in [0.717, 1.165) is 38.1 Å². The van der Waals surface area contributed by atoms with Gasteiger partial charge in [0.15, 0.2) is 0 Å². The Kier molecular flexibility index (Phi) is 5.07. The van der Waals surface area contributed by atoms with E-state index in [9.17, 15) is 4.79 Å². The molecule has 19 heavy (non-hydrogen) atoms. The zero-order valence-corrected chi connectivity index (χ0v) is 11.5. The van der Waals surface area contributed by atoms with Gasteiger partial charge < -0.3 is 15.0 Å². The summed E-state index contributed by atoms with van der Waals surface area (Å²) in [5, 5.41) is 2.92. The van der Waals surface area contributed by atoms with Crippen molar-refractivity contribution in [2.45, 2.75) is 32.3 Å². The minimum absolute atomic E-state index is 0.0308. The number of carbonyl (C=O) groups is 1. The summed E-state index contributed by atoms with van der Waals surface area (Å²) in [5.41, 5.74) is 0. The molecule has 0 aliphatic carbocycles. The number of nitrogens with zero attached hydrogens (tertiary/aromatic N) is 1. The number of hydrogen-bond donors (Lipinski definition) is 1. The molecule has 1 unspecified atom stereocenters. The summed E-state index contributed by atoms with van der Waals surface area (Å²) >= 11 is 0. The van der Waals surface area contributed by atoms with Crippen molar-refractivity contribution in [1.29, 1.82) is 0 Å². The third-order valence-corrected chi connectivity index (χ3v) is 3.24. The SMILES string of the molecule is CCCNC(=O)N1CCCC(Oc2ccccc2)C1. The Balaban J connectivity index is 1.85. The van der Waals surface area contributed by atoms with E-state index < -0.39 is 0 Å². The monoisotopic (exact) mass is 262 g/mol. The summed E-state index contributed by atoms with van der Waals surface area (Å²) in [4.78, 5) is 13.8. The van der Waals surface area contributed by atoms with Crippen LogP contribution >= 0.6 is 0 Å². The number of rotatable bonds is 4. The molecule has 2 rings (SSSR count). The lowest BCUT2D eigenvalue weighted by Crippen LogP contribution is -2.48. The molecule has 1 aromatic carbocycles. The first-order valence-corrected chi connectivity index (χ1v) is 7.04. The van der Waals surface area contributed by atoms with Crippen LogP contribution in [0.4, 0.5) is 4.79 Å². The highest BCUT2D eigenvalue weighted by Crippen LogP contribution is 2.18. The second kappa shape index (κ2) is 7.02. The van der Waals surface area contributed by atoms with Gasteiger partial charge in [-0.15, -0.1) is 0 Å². The Morgan fingerprint density at radius 3 is 2.95 bits per heavy atom. The summed E-state index contributed by atoms with van der Waals surface area (Å²) in [6.07, 6.45) is 3.07. The summed E-state index contributed by atoms with van der Waals surface area (Å²) in [5.74, 6) is 0.878. The van der Waals surface area contributed by atoms with Crippen molar-refractivity contribution < 1.29 is 9.53 Å². The largest absolute Gasteiger partial charge is 0.489 e. The number of urea groups is 1. The highest BCUT2D eigenvalue weighted by Gasteiger charge is 2.24. The third-order valence-electron chi connectivity index (χ3n) is 3.24. The van der Waals surface area contributed by atoms with Crippen LogP contribution in [-0.4, -0.2) is 36.7 Å². The number of para-hydroxylation sites is 1. The van der Waals surface area contributed by atoms with E-state index in [1.807, 2.05) is 35.2 Å². The average Bonchev–Trinajstić information content (AvgIpc) is 2.46. The molecule has 104 valence electrons. The summed E-state index contributed by atoms with van der Waals surface area (Å²) < 4.78 is 5.92. The van der Waals surface area contributed by atoms with Crippen molar-refractivity contribution in [3.05, 3.63) is 30.3 Å². The molecule has 1 aliphatic rings. The highest BCUT2D eigenvalue weighted by molar-refractivity contribution is 5.74. The van der Waals surface area contributed by atoms with Gasteiger partial charge >= 0.3 is 6.03 Å². The minimum Gasteiger partial charge on any atom is -0.489 e. The number of likely N-dealkylation sites (tertiary alicyclic amines) is 1. The number of nitrogens with one attached hydrogen (secondary N) is 1. The number of hydrogen-bond acceptors (Lipinski definition) is 2. The molecule has 0 radical (unpaired) electrons. The topological polar surface area (TPSA) is 41.6 Å². The van der Waals surface area contributed by atoms with E-state index in [-0.39, 0.29) is 12.1 Å². The number of piperidine rings is 1. The molecule has 1 aromatic rings. The van der Waals surface area contributed by atoms with E-state index in [4.69, 9.17) is 4.74 Å². The maximum absolute atomic E-state index is 11.9. The van der Waals surface area contributed by atoms with Crippen LogP contribution in [0.5, 0.6) is 5.75 Å². The molecule has 0 saturated carbocycles. The fourth-order valence-electron chi connectivity index (χ4n) is 2.25. The molecule has 1 N–H and O–H groups in total. The lowest BCUT2D eigenvalue weighted by Gasteiger charge is -2.32. The normalized spacial score (nSPS) is 19.0. The van der Waals surface area contributed by atoms with Gasteiger partial charge in [-0.2, -0.15) is 0 Å². The number of amides is 2.